The Morgan fingerprint density at radius 3 is 2.12 bits per heavy atom. The Hall–Kier alpha value is -0.900. The summed E-state index contributed by atoms with van der Waals surface area (Å²) >= 11 is 0. The van der Waals surface area contributed by atoms with Crippen molar-refractivity contribution in [1.29, 1.82) is 0 Å². The largest absolute Gasteiger partial charge is 0.870 e. The van der Waals surface area contributed by atoms with E-state index in [-0.39, 0.29) is 11.0 Å². The number of nitrogens with zero attached hydrogens (tertiary/aromatic N) is 1. The van der Waals surface area contributed by atoms with Gasteiger partial charge in [-0.15, -0.1) is 0 Å². The van der Waals surface area contributed by atoms with Crippen LogP contribution in [0.15, 0.2) is 30.3 Å². The van der Waals surface area contributed by atoms with E-state index in [2.05, 4.69) is 37.4 Å². The molecular formula is C13H23NO2. The normalized spacial score (nSPS) is 18.1. The van der Waals surface area contributed by atoms with Crippen LogP contribution in [-0.2, 0) is 6.54 Å². The van der Waals surface area contributed by atoms with E-state index in [1.165, 1.54) is 48.9 Å². The van der Waals surface area contributed by atoms with E-state index in [1.54, 1.807) is 0 Å². The van der Waals surface area contributed by atoms with Crippen LogP contribution in [0.25, 0.3) is 0 Å². The van der Waals surface area contributed by atoms with E-state index in [1.807, 2.05) is 0 Å². The number of likely N-dealkylation sites (tertiary alicyclic amines) is 1. The molecule has 0 aromatic heterocycles. The summed E-state index contributed by atoms with van der Waals surface area (Å²) in [5.41, 5.74) is 1.48. The highest BCUT2D eigenvalue weighted by molar-refractivity contribution is 5.13. The van der Waals surface area contributed by atoms with Crippen LogP contribution in [-0.4, -0.2) is 35.6 Å². The first-order chi connectivity index (χ1) is 6.79. The van der Waals surface area contributed by atoms with Crippen molar-refractivity contribution >= 4 is 0 Å². The van der Waals surface area contributed by atoms with Crippen molar-refractivity contribution in [3.63, 3.8) is 0 Å². The summed E-state index contributed by atoms with van der Waals surface area (Å²) in [6, 6.07) is 10.9. The molecule has 0 spiro atoms. The van der Waals surface area contributed by atoms with Gasteiger partial charge in [0.05, 0.1) is 20.1 Å². The number of hydrogen-bond donors (Lipinski definition) is 0. The first-order valence-electron chi connectivity index (χ1n) is 5.66. The highest BCUT2D eigenvalue weighted by Gasteiger charge is 2.24. The van der Waals surface area contributed by atoms with Gasteiger partial charge in [0, 0.05) is 5.56 Å². The SMILES string of the molecule is C[N+]1(Cc2ccccc2)CCCCC1.O.[OH-]. The third-order valence-electron chi connectivity index (χ3n) is 3.30. The Bertz CT molecular complexity index is 281. The highest BCUT2D eigenvalue weighted by Crippen LogP contribution is 2.19. The molecule has 3 N–H and O–H groups in total. The second kappa shape index (κ2) is 6.63. The number of rotatable bonds is 2. The zero-order valence-corrected chi connectivity index (χ0v) is 10.0. The molecule has 1 aromatic rings. The quantitative estimate of drug-likeness (QED) is 0.708. The Morgan fingerprint density at radius 1 is 1.00 bits per heavy atom. The molecule has 0 saturated carbocycles. The van der Waals surface area contributed by atoms with Gasteiger partial charge in [-0.1, -0.05) is 30.3 Å². The minimum atomic E-state index is 0. The molecule has 1 fully saturated rings. The molecule has 1 heterocycles. The van der Waals surface area contributed by atoms with Crippen molar-refractivity contribution < 1.29 is 15.4 Å². The monoisotopic (exact) mass is 225 g/mol. The molecule has 3 heteroatoms. The molecule has 16 heavy (non-hydrogen) atoms. The Kier molecular flexibility index (Phi) is 6.26. The van der Waals surface area contributed by atoms with Crippen molar-refractivity contribution in [2.75, 3.05) is 20.1 Å². The molecule has 0 radical (unpaired) electrons. The van der Waals surface area contributed by atoms with Crippen molar-refractivity contribution in [3.05, 3.63) is 35.9 Å². The summed E-state index contributed by atoms with van der Waals surface area (Å²) in [7, 11) is 2.40. The number of benzene rings is 1. The second-order valence-electron chi connectivity index (χ2n) is 4.77. The summed E-state index contributed by atoms with van der Waals surface area (Å²) in [6.07, 6.45) is 4.25. The van der Waals surface area contributed by atoms with Crippen LogP contribution in [0.2, 0.25) is 0 Å². The molecule has 0 bridgehead atoms. The summed E-state index contributed by atoms with van der Waals surface area (Å²) in [5, 5.41) is 0. The molecule has 0 aliphatic carbocycles. The zero-order chi connectivity index (χ0) is 9.86. The average Bonchev–Trinajstić information content (AvgIpc) is 2.19. The van der Waals surface area contributed by atoms with Crippen molar-refractivity contribution in [1.82, 2.24) is 0 Å². The van der Waals surface area contributed by atoms with Gasteiger partial charge in [-0.25, -0.2) is 0 Å². The molecule has 1 aromatic carbocycles. The lowest BCUT2D eigenvalue weighted by Gasteiger charge is -2.37. The molecule has 0 unspecified atom stereocenters. The van der Waals surface area contributed by atoms with Crippen LogP contribution >= 0.6 is 0 Å². The van der Waals surface area contributed by atoms with Crippen LogP contribution in [0, 0.1) is 0 Å². The lowest BCUT2D eigenvalue weighted by atomic mass is 10.1. The van der Waals surface area contributed by atoms with Crippen LogP contribution in [0.3, 0.4) is 0 Å². The van der Waals surface area contributed by atoms with Crippen molar-refractivity contribution in [3.8, 4) is 0 Å². The average molecular weight is 225 g/mol. The van der Waals surface area contributed by atoms with Crippen LogP contribution < -0.4 is 0 Å². The standard InChI is InChI=1S/C13H20N.2H2O/c1-14(10-6-3-7-11-14)12-13-8-4-2-5-9-13;;/h2,4-5,8-9H,3,6-7,10-12H2,1H3;2*1H2/q+1;;/p-1. The Labute approximate surface area is 97.9 Å². The van der Waals surface area contributed by atoms with E-state index in [0.717, 1.165) is 0 Å². The first kappa shape index (κ1) is 15.1. The van der Waals surface area contributed by atoms with Gasteiger partial charge in [-0.3, -0.25) is 0 Å². The maximum atomic E-state index is 2.40. The predicted molar refractivity (Wildman–Crippen MR) is 65.5 cm³/mol. The first-order valence-corrected chi connectivity index (χ1v) is 5.66. The third-order valence-corrected chi connectivity index (χ3v) is 3.30. The van der Waals surface area contributed by atoms with E-state index >= 15 is 0 Å². The van der Waals surface area contributed by atoms with E-state index < -0.39 is 0 Å². The molecule has 1 saturated heterocycles. The van der Waals surface area contributed by atoms with Gasteiger partial charge in [-0.05, 0) is 19.3 Å². The van der Waals surface area contributed by atoms with Crippen LogP contribution in [0.4, 0.5) is 0 Å². The predicted octanol–water partition coefficient (Wildman–Crippen LogP) is 1.82. The van der Waals surface area contributed by atoms with Crippen LogP contribution in [0.1, 0.15) is 24.8 Å². The van der Waals surface area contributed by atoms with E-state index in [4.69, 9.17) is 0 Å². The second-order valence-corrected chi connectivity index (χ2v) is 4.77. The maximum Gasteiger partial charge on any atom is 0.104 e. The smallest absolute Gasteiger partial charge is 0.104 e. The third kappa shape index (κ3) is 3.93. The minimum absolute atomic E-state index is 0. The van der Waals surface area contributed by atoms with E-state index in [0.29, 0.717) is 0 Å². The summed E-state index contributed by atoms with van der Waals surface area (Å²) in [6.45, 7) is 3.92. The lowest BCUT2D eigenvalue weighted by Crippen LogP contribution is -2.46. The van der Waals surface area contributed by atoms with Gasteiger partial charge in [0.1, 0.15) is 6.54 Å². The molecule has 0 atom stereocenters. The lowest BCUT2D eigenvalue weighted by molar-refractivity contribution is -0.926. The fraction of sp³-hybridized carbons (Fsp3) is 0.538. The Balaban J connectivity index is 0.00000112. The highest BCUT2D eigenvalue weighted by atomic mass is 16.0. The summed E-state index contributed by atoms with van der Waals surface area (Å²) in [4.78, 5) is 0. The van der Waals surface area contributed by atoms with Gasteiger partial charge in [-0.2, -0.15) is 0 Å². The zero-order valence-electron chi connectivity index (χ0n) is 10.0. The van der Waals surface area contributed by atoms with Gasteiger partial charge in [0.2, 0.25) is 0 Å². The molecule has 1 aliphatic rings. The fourth-order valence-electron chi connectivity index (χ4n) is 2.46. The number of quaternary nitrogens is 1. The van der Waals surface area contributed by atoms with Gasteiger partial charge >= 0.3 is 0 Å². The topological polar surface area (TPSA) is 61.5 Å². The molecule has 3 nitrogen and oxygen atoms in total. The van der Waals surface area contributed by atoms with Gasteiger partial charge < -0.3 is 15.4 Å². The summed E-state index contributed by atoms with van der Waals surface area (Å²) < 4.78 is 1.24. The van der Waals surface area contributed by atoms with Crippen molar-refractivity contribution in [2.24, 2.45) is 0 Å². The number of piperidine rings is 1. The van der Waals surface area contributed by atoms with E-state index in [9.17, 15) is 0 Å². The molecule has 92 valence electrons. The van der Waals surface area contributed by atoms with Gasteiger partial charge in [0.25, 0.3) is 0 Å². The molecule has 0 amide bonds. The molecule has 2 rings (SSSR count). The summed E-state index contributed by atoms with van der Waals surface area (Å²) in [5.74, 6) is 0. The van der Waals surface area contributed by atoms with Gasteiger partial charge in [0.15, 0.2) is 0 Å². The fourth-order valence-corrected chi connectivity index (χ4v) is 2.46. The Morgan fingerprint density at radius 2 is 1.56 bits per heavy atom. The maximum absolute atomic E-state index is 2.40. The minimum Gasteiger partial charge on any atom is -0.870 e. The van der Waals surface area contributed by atoms with Crippen molar-refractivity contribution in [2.45, 2.75) is 25.8 Å². The number of hydrogen-bond acceptors (Lipinski definition) is 1. The van der Waals surface area contributed by atoms with Crippen LogP contribution in [0.5, 0.6) is 0 Å². The molecular weight excluding hydrogens is 202 g/mol. The molecule has 1 aliphatic heterocycles.